The van der Waals surface area contributed by atoms with Gasteiger partial charge in [-0.1, -0.05) is 39.4 Å². The zero-order valence-corrected chi connectivity index (χ0v) is 9.20. The smallest absolute Gasteiger partial charge is 0.355 e. The van der Waals surface area contributed by atoms with Gasteiger partial charge in [-0.3, -0.25) is 0 Å². The van der Waals surface area contributed by atoms with Crippen LogP contribution in [-0.2, 0) is 0 Å². The number of hydrogen-bond donors (Lipinski definition) is 2. The summed E-state index contributed by atoms with van der Waals surface area (Å²) in [6, 6.07) is 5.96. The fourth-order valence-corrected chi connectivity index (χ4v) is 1.57. The van der Waals surface area contributed by atoms with E-state index in [1.165, 1.54) is 12.1 Å². The molecule has 0 aliphatic heterocycles. The van der Waals surface area contributed by atoms with Gasteiger partial charge in [-0.2, -0.15) is 13.2 Å². The zero-order valence-electron chi connectivity index (χ0n) is 6.72. The van der Waals surface area contributed by atoms with E-state index >= 15 is 0 Å². The van der Waals surface area contributed by atoms with E-state index in [1.807, 2.05) is 0 Å². The molecule has 0 heterocycles. The van der Waals surface area contributed by atoms with E-state index in [0.717, 1.165) is 4.47 Å². The first-order chi connectivity index (χ1) is 6.38. The van der Waals surface area contributed by atoms with Crippen molar-refractivity contribution in [1.82, 2.24) is 0 Å². The van der Waals surface area contributed by atoms with Gasteiger partial charge in [0.05, 0.1) is 0 Å². The Labute approximate surface area is 90.6 Å². The lowest BCUT2D eigenvalue weighted by atomic mass is 10.2. The summed E-state index contributed by atoms with van der Waals surface area (Å²) in [4.78, 5) is 0. The van der Waals surface area contributed by atoms with Crippen molar-refractivity contribution in [3.05, 3.63) is 34.3 Å². The monoisotopic (exact) mass is 286 g/mol. The first kappa shape index (κ1) is 11.7. The molecule has 1 nitrogen and oxygen atoms in total. The number of alkyl halides is 3. The number of rotatable bonds is 1. The Hall–Kier alpha value is -0.330. The molecule has 1 aromatic carbocycles. The van der Waals surface area contributed by atoms with Crippen LogP contribution >= 0.6 is 27.3 Å². The highest BCUT2D eigenvalue weighted by Gasteiger charge is 2.24. The van der Waals surface area contributed by atoms with Crippen molar-refractivity contribution in [2.24, 2.45) is 0 Å². The molecule has 0 saturated carbocycles. The highest BCUT2D eigenvalue weighted by Crippen LogP contribution is 2.26. The maximum absolute atomic E-state index is 11.9. The van der Waals surface area contributed by atoms with Crippen molar-refractivity contribution in [2.45, 2.75) is 5.51 Å². The summed E-state index contributed by atoms with van der Waals surface area (Å²) >= 11 is 2.10. The fourth-order valence-electron chi connectivity index (χ4n) is 0.784. The molecule has 1 aromatic rings. The molecule has 0 aliphatic rings. The molecule has 0 amide bonds. The Kier molecular flexibility index (Phi) is 3.74. The van der Waals surface area contributed by atoms with Gasteiger partial charge in [0.2, 0.25) is 0 Å². The SMILES string of the molecule is OC(=[SH]C(F)(F)F)c1ccc(Br)cc1. The minimum Gasteiger partial charge on any atom is -0.355 e. The molecule has 0 fully saturated rings. The first-order valence-electron chi connectivity index (χ1n) is 3.50. The lowest BCUT2D eigenvalue weighted by Crippen LogP contribution is -2.04. The Balaban J connectivity index is 2.95. The van der Waals surface area contributed by atoms with Crippen molar-refractivity contribution in [2.75, 3.05) is 0 Å². The molecule has 6 heteroatoms. The van der Waals surface area contributed by atoms with E-state index in [1.54, 1.807) is 12.1 Å². The van der Waals surface area contributed by atoms with Crippen molar-refractivity contribution in [3.63, 3.8) is 0 Å². The third-order valence-electron chi connectivity index (χ3n) is 1.34. The molecular weight excluding hydrogens is 281 g/mol. The molecule has 0 unspecified atom stereocenters. The lowest BCUT2D eigenvalue weighted by molar-refractivity contribution is -0.0311. The Morgan fingerprint density at radius 2 is 1.71 bits per heavy atom. The number of aliphatic hydroxyl groups is 1. The molecule has 0 radical (unpaired) electrons. The largest absolute Gasteiger partial charge is 0.436 e. The molecular formula is C8H6BrF3OS. The quantitative estimate of drug-likeness (QED) is 0.598. The molecule has 0 saturated heterocycles. The summed E-state index contributed by atoms with van der Waals surface area (Å²) in [5, 5.41) is 8.43. The Bertz CT molecular complexity index is 345. The standard InChI is InChI=1S/C8H6BrF3OS/c9-6-3-1-5(2-4-6)7(13)14-8(10,11)12/h1-4,13-14H. The normalized spacial score (nSPS) is 13.6. The van der Waals surface area contributed by atoms with Crippen LogP contribution in [0.2, 0.25) is 0 Å². The second-order valence-electron chi connectivity index (χ2n) is 2.41. The van der Waals surface area contributed by atoms with Gasteiger partial charge in [0.25, 0.3) is 0 Å². The molecule has 0 aromatic heterocycles. The van der Waals surface area contributed by atoms with Gasteiger partial charge < -0.3 is 5.11 Å². The molecule has 0 bridgehead atoms. The van der Waals surface area contributed by atoms with Gasteiger partial charge in [0.1, 0.15) is 5.05 Å². The lowest BCUT2D eigenvalue weighted by Gasteiger charge is -2.03. The average molecular weight is 287 g/mol. The summed E-state index contributed by atoms with van der Waals surface area (Å²) in [5.41, 5.74) is -4.23. The van der Waals surface area contributed by atoms with Gasteiger partial charge >= 0.3 is 5.51 Å². The van der Waals surface area contributed by atoms with Gasteiger partial charge in [0.15, 0.2) is 0 Å². The summed E-state index contributed by atoms with van der Waals surface area (Å²) in [5.74, 6) is 0. The number of hydrogen-bond acceptors (Lipinski definition) is 0. The topological polar surface area (TPSA) is 20.2 Å². The highest BCUT2D eigenvalue weighted by molar-refractivity contribution is 9.10. The van der Waals surface area contributed by atoms with Gasteiger partial charge in [-0.05, 0) is 12.1 Å². The third-order valence-corrected chi connectivity index (χ3v) is 2.59. The van der Waals surface area contributed by atoms with Gasteiger partial charge in [-0.15, -0.1) is 0 Å². The van der Waals surface area contributed by atoms with Gasteiger partial charge in [0, 0.05) is 10.0 Å². The molecule has 1 N–H and O–H groups in total. The van der Waals surface area contributed by atoms with Crippen LogP contribution in [0.4, 0.5) is 13.2 Å². The summed E-state index contributed by atoms with van der Waals surface area (Å²) in [7, 11) is 0. The van der Waals surface area contributed by atoms with E-state index in [2.05, 4.69) is 15.9 Å². The minimum absolute atomic E-state index is 0.173. The Morgan fingerprint density at radius 1 is 1.21 bits per heavy atom. The molecule has 1 rings (SSSR count). The van der Waals surface area contributed by atoms with Gasteiger partial charge in [-0.25, -0.2) is 0 Å². The van der Waals surface area contributed by atoms with E-state index in [9.17, 15) is 13.2 Å². The van der Waals surface area contributed by atoms with Crippen LogP contribution in [0.5, 0.6) is 0 Å². The van der Waals surface area contributed by atoms with Crippen molar-refractivity contribution in [1.29, 1.82) is 0 Å². The third kappa shape index (κ3) is 3.81. The maximum Gasteiger partial charge on any atom is 0.436 e. The summed E-state index contributed by atoms with van der Waals surface area (Å²) in [6.07, 6.45) is 0. The molecule has 0 spiro atoms. The highest BCUT2D eigenvalue weighted by atomic mass is 79.9. The second kappa shape index (κ2) is 4.46. The van der Waals surface area contributed by atoms with Crippen LogP contribution in [0.15, 0.2) is 28.7 Å². The Morgan fingerprint density at radius 3 is 2.14 bits per heavy atom. The van der Waals surface area contributed by atoms with Crippen LogP contribution in [0, 0.1) is 0 Å². The van der Waals surface area contributed by atoms with Crippen LogP contribution < -0.4 is 0 Å². The van der Waals surface area contributed by atoms with Crippen molar-refractivity contribution in [3.8, 4) is 0 Å². The van der Waals surface area contributed by atoms with E-state index in [4.69, 9.17) is 5.11 Å². The predicted octanol–water partition coefficient (Wildman–Crippen LogP) is 3.47. The number of thiol groups is 1. The molecule has 0 aliphatic carbocycles. The molecule has 78 valence electrons. The van der Waals surface area contributed by atoms with E-state index < -0.39 is 21.9 Å². The fraction of sp³-hybridized carbons (Fsp3) is 0.125. The van der Waals surface area contributed by atoms with Crippen LogP contribution in [0.1, 0.15) is 5.56 Å². The van der Waals surface area contributed by atoms with Crippen molar-refractivity contribution < 1.29 is 18.3 Å². The second-order valence-corrected chi connectivity index (χ2v) is 4.48. The van der Waals surface area contributed by atoms with Crippen LogP contribution in [0.3, 0.4) is 0 Å². The van der Waals surface area contributed by atoms with E-state index in [-0.39, 0.29) is 5.56 Å². The maximum atomic E-state index is 11.9. The van der Waals surface area contributed by atoms with E-state index in [0.29, 0.717) is 0 Å². The summed E-state index contributed by atoms with van der Waals surface area (Å²) in [6.45, 7) is 0. The predicted molar refractivity (Wildman–Crippen MR) is 55.9 cm³/mol. The molecule has 14 heavy (non-hydrogen) atoms. The number of benzene rings is 1. The number of halogens is 4. The van der Waals surface area contributed by atoms with Crippen LogP contribution in [-0.4, -0.2) is 15.7 Å². The number of aliphatic hydroxyl groups excluding tert-OH is 1. The minimum atomic E-state index is -4.41. The zero-order chi connectivity index (χ0) is 10.8. The average Bonchev–Trinajstić information content (AvgIpc) is 2.02. The summed E-state index contributed by atoms with van der Waals surface area (Å²) < 4.78 is 36.4. The van der Waals surface area contributed by atoms with Crippen molar-refractivity contribution >= 4 is 32.3 Å². The first-order valence-corrected chi connectivity index (χ1v) is 5.19. The van der Waals surface area contributed by atoms with Crippen LogP contribution in [0.25, 0.3) is 0 Å². The molecule has 0 atom stereocenters.